The van der Waals surface area contributed by atoms with E-state index in [1.165, 1.54) is 6.92 Å². The Morgan fingerprint density at radius 1 is 1.04 bits per heavy atom. The van der Waals surface area contributed by atoms with Gasteiger partial charge in [0.1, 0.15) is 0 Å². The molecule has 0 spiro atoms. The average molecular weight is 400 g/mol. The molecule has 1 atom stereocenters. The SMILES string of the molecule is CC(=O)C1=C(C)N(C2CCCC2)C(=O)C1(NC(=O)C1CCCCC1)C(F)(F)F. The summed E-state index contributed by atoms with van der Waals surface area (Å²) in [6, 6.07) is -0.363. The number of amides is 2. The number of rotatable bonds is 4. The van der Waals surface area contributed by atoms with E-state index in [-0.39, 0.29) is 11.7 Å². The fourth-order valence-electron chi connectivity index (χ4n) is 5.05. The topological polar surface area (TPSA) is 66.5 Å². The van der Waals surface area contributed by atoms with Crippen molar-refractivity contribution in [2.75, 3.05) is 0 Å². The molecule has 8 heteroatoms. The first kappa shape index (κ1) is 20.9. The maximum atomic E-state index is 14.4. The molecule has 1 heterocycles. The minimum Gasteiger partial charge on any atom is -0.330 e. The molecular weight excluding hydrogens is 373 g/mol. The molecule has 5 nitrogen and oxygen atoms in total. The molecule has 3 rings (SSSR count). The third-order valence-corrected chi connectivity index (χ3v) is 6.39. The first-order chi connectivity index (χ1) is 13.1. The Morgan fingerprint density at radius 3 is 2.07 bits per heavy atom. The van der Waals surface area contributed by atoms with Crippen LogP contribution < -0.4 is 5.32 Å². The number of halogens is 3. The normalized spacial score (nSPS) is 27.6. The van der Waals surface area contributed by atoms with Crippen molar-refractivity contribution < 1.29 is 27.6 Å². The number of nitrogens with one attached hydrogen (secondary N) is 1. The summed E-state index contributed by atoms with van der Waals surface area (Å²) in [5.41, 5.74) is -3.90. The minimum atomic E-state index is -5.11. The molecule has 1 unspecified atom stereocenters. The van der Waals surface area contributed by atoms with Gasteiger partial charge in [-0.15, -0.1) is 0 Å². The van der Waals surface area contributed by atoms with Crippen LogP contribution in [0.4, 0.5) is 13.2 Å². The van der Waals surface area contributed by atoms with Gasteiger partial charge in [-0.3, -0.25) is 14.4 Å². The fourth-order valence-corrected chi connectivity index (χ4v) is 5.05. The van der Waals surface area contributed by atoms with Gasteiger partial charge in [-0.05, 0) is 39.5 Å². The van der Waals surface area contributed by atoms with Crippen LogP contribution in [0.15, 0.2) is 11.3 Å². The van der Waals surface area contributed by atoms with Crippen LogP contribution in [-0.2, 0) is 14.4 Å². The van der Waals surface area contributed by atoms with Gasteiger partial charge in [0, 0.05) is 17.7 Å². The molecule has 0 bridgehead atoms. The first-order valence-corrected chi connectivity index (χ1v) is 10.1. The Balaban J connectivity index is 2.05. The molecule has 3 aliphatic rings. The van der Waals surface area contributed by atoms with Gasteiger partial charge in [0.15, 0.2) is 5.78 Å². The third kappa shape index (κ3) is 3.24. The summed E-state index contributed by atoms with van der Waals surface area (Å²) in [4.78, 5) is 39.4. The van der Waals surface area contributed by atoms with Crippen molar-refractivity contribution in [1.82, 2.24) is 10.2 Å². The molecule has 0 aromatic heterocycles. The maximum absolute atomic E-state index is 14.4. The molecule has 0 aromatic rings. The quantitative estimate of drug-likeness (QED) is 0.784. The van der Waals surface area contributed by atoms with E-state index in [0.717, 1.165) is 43.9 Å². The van der Waals surface area contributed by atoms with Crippen LogP contribution in [-0.4, -0.2) is 40.3 Å². The molecule has 0 radical (unpaired) electrons. The lowest BCUT2D eigenvalue weighted by Gasteiger charge is -2.36. The summed E-state index contributed by atoms with van der Waals surface area (Å²) in [5.74, 6) is -3.42. The number of nitrogens with zero attached hydrogens (tertiary/aromatic N) is 1. The predicted molar refractivity (Wildman–Crippen MR) is 96.0 cm³/mol. The molecule has 0 aromatic carbocycles. The number of hydrogen-bond donors (Lipinski definition) is 1. The second-order valence-corrected chi connectivity index (χ2v) is 8.20. The van der Waals surface area contributed by atoms with Crippen LogP contribution in [0.1, 0.15) is 71.6 Å². The van der Waals surface area contributed by atoms with E-state index in [2.05, 4.69) is 0 Å². The second kappa shape index (κ2) is 7.52. The van der Waals surface area contributed by atoms with Crippen LogP contribution in [0.2, 0.25) is 0 Å². The Bertz CT molecular complexity index is 704. The Labute approximate surface area is 162 Å². The second-order valence-electron chi connectivity index (χ2n) is 8.20. The van der Waals surface area contributed by atoms with Crippen molar-refractivity contribution in [3.8, 4) is 0 Å². The van der Waals surface area contributed by atoms with E-state index < -0.39 is 40.8 Å². The predicted octanol–water partition coefficient (Wildman–Crippen LogP) is 3.63. The van der Waals surface area contributed by atoms with Gasteiger partial charge >= 0.3 is 6.18 Å². The number of Topliss-reactive ketones (excluding diaryl/α,β-unsaturated/α-hetero) is 1. The molecule has 2 aliphatic carbocycles. The molecule has 2 fully saturated rings. The Hall–Kier alpha value is -1.86. The van der Waals surface area contributed by atoms with Gasteiger partial charge in [0.25, 0.3) is 5.91 Å². The van der Waals surface area contributed by atoms with E-state index in [9.17, 15) is 27.6 Å². The van der Waals surface area contributed by atoms with Crippen molar-refractivity contribution >= 4 is 17.6 Å². The molecule has 28 heavy (non-hydrogen) atoms. The van der Waals surface area contributed by atoms with Crippen molar-refractivity contribution in [1.29, 1.82) is 0 Å². The fraction of sp³-hybridized carbons (Fsp3) is 0.750. The van der Waals surface area contributed by atoms with Crippen LogP contribution in [0.5, 0.6) is 0 Å². The Kier molecular flexibility index (Phi) is 5.60. The average Bonchev–Trinajstić information content (AvgIpc) is 3.21. The number of alkyl halides is 3. The maximum Gasteiger partial charge on any atom is 0.425 e. The summed E-state index contributed by atoms with van der Waals surface area (Å²) in [6.07, 6.45) is 1.22. The highest BCUT2D eigenvalue weighted by Crippen LogP contribution is 2.47. The van der Waals surface area contributed by atoms with E-state index in [1.54, 1.807) is 0 Å². The van der Waals surface area contributed by atoms with Crippen LogP contribution in [0, 0.1) is 5.92 Å². The molecule has 1 aliphatic heterocycles. The molecule has 0 saturated heterocycles. The molecule has 2 amide bonds. The summed E-state index contributed by atoms with van der Waals surface area (Å²) < 4.78 is 43.2. The highest BCUT2D eigenvalue weighted by molar-refractivity contribution is 6.12. The van der Waals surface area contributed by atoms with Crippen molar-refractivity contribution in [3.05, 3.63) is 11.3 Å². The zero-order valence-corrected chi connectivity index (χ0v) is 16.3. The highest BCUT2D eigenvalue weighted by atomic mass is 19.4. The number of ketones is 1. The van der Waals surface area contributed by atoms with Gasteiger partial charge in [-0.1, -0.05) is 32.1 Å². The minimum absolute atomic E-state index is 0.0191. The lowest BCUT2D eigenvalue weighted by Crippen LogP contribution is -2.67. The van der Waals surface area contributed by atoms with Gasteiger partial charge in [0.2, 0.25) is 11.4 Å². The number of carbonyl (C=O) groups is 3. The van der Waals surface area contributed by atoms with Crippen molar-refractivity contribution in [3.63, 3.8) is 0 Å². The first-order valence-electron chi connectivity index (χ1n) is 10.1. The summed E-state index contributed by atoms with van der Waals surface area (Å²) in [7, 11) is 0. The molecule has 2 saturated carbocycles. The monoisotopic (exact) mass is 400 g/mol. The largest absolute Gasteiger partial charge is 0.425 e. The summed E-state index contributed by atoms with van der Waals surface area (Å²) >= 11 is 0. The van der Waals surface area contributed by atoms with Gasteiger partial charge in [-0.25, -0.2) is 0 Å². The molecular formula is C20H27F3N2O3. The van der Waals surface area contributed by atoms with E-state index in [4.69, 9.17) is 0 Å². The zero-order chi connectivity index (χ0) is 20.7. The van der Waals surface area contributed by atoms with E-state index in [1.807, 2.05) is 5.32 Å². The summed E-state index contributed by atoms with van der Waals surface area (Å²) in [5, 5.41) is 2.03. The number of carbonyl (C=O) groups excluding carboxylic acids is 3. The number of allylic oxidation sites excluding steroid dienone is 1. The van der Waals surface area contributed by atoms with Crippen LogP contribution >= 0.6 is 0 Å². The third-order valence-electron chi connectivity index (χ3n) is 6.39. The van der Waals surface area contributed by atoms with Crippen molar-refractivity contribution in [2.24, 2.45) is 5.92 Å². The lowest BCUT2D eigenvalue weighted by molar-refractivity contribution is -0.195. The number of hydrogen-bond acceptors (Lipinski definition) is 3. The lowest BCUT2D eigenvalue weighted by atomic mass is 9.84. The summed E-state index contributed by atoms with van der Waals surface area (Å²) in [6.45, 7) is 2.41. The van der Waals surface area contributed by atoms with Gasteiger partial charge < -0.3 is 10.2 Å². The standard InChI is InChI=1S/C20H27F3N2O3/c1-12-16(13(2)26)19(20(21,22)23,18(28)25(12)15-10-6-7-11-15)24-17(27)14-8-4-3-5-9-14/h14-15H,3-11H2,1-2H3,(H,24,27). The van der Waals surface area contributed by atoms with E-state index >= 15 is 0 Å². The van der Waals surface area contributed by atoms with Crippen molar-refractivity contribution in [2.45, 2.75) is 89.4 Å². The molecule has 156 valence electrons. The van der Waals surface area contributed by atoms with Gasteiger partial charge in [-0.2, -0.15) is 13.2 Å². The van der Waals surface area contributed by atoms with Crippen LogP contribution in [0.3, 0.4) is 0 Å². The Morgan fingerprint density at radius 2 is 1.57 bits per heavy atom. The van der Waals surface area contributed by atoms with Crippen LogP contribution in [0.25, 0.3) is 0 Å². The molecule has 1 N–H and O–H groups in total. The van der Waals surface area contributed by atoms with Gasteiger partial charge in [0.05, 0.1) is 5.57 Å². The smallest absolute Gasteiger partial charge is 0.330 e. The zero-order valence-electron chi connectivity index (χ0n) is 16.3. The van der Waals surface area contributed by atoms with E-state index in [0.29, 0.717) is 25.7 Å². The highest BCUT2D eigenvalue weighted by Gasteiger charge is 2.70.